The first-order chi connectivity index (χ1) is 7.00. The number of hydrogen-bond donors (Lipinski definition) is 2. The van der Waals surface area contributed by atoms with Crippen molar-refractivity contribution in [2.45, 2.75) is 0 Å². The molecule has 0 saturated heterocycles. The second kappa shape index (κ2) is 4.41. The predicted octanol–water partition coefficient (Wildman–Crippen LogP) is 0.987. The van der Waals surface area contributed by atoms with Crippen LogP contribution in [0.2, 0.25) is 0 Å². The molecule has 1 aromatic carbocycles. The van der Waals surface area contributed by atoms with Crippen molar-refractivity contribution in [3.8, 4) is 5.75 Å². The van der Waals surface area contributed by atoms with E-state index in [0.717, 1.165) is 18.2 Å². The van der Waals surface area contributed by atoms with Crippen molar-refractivity contribution in [1.82, 2.24) is 0 Å². The Hall–Kier alpha value is -2.11. The van der Waals surface area contributed by atoms with Gasteiger partial charge in [0.1, 0.15) is 11.6 Å². The minimum absolute atomic E-state index is 0.00352. The van der Waals surface area contributed by atoms with Crippen molar-refractivity contribution < 1.29 is 28.9 Å². The van der Waals surface area contributed by atoms with Crippen LogP contribution in [0, 0.1) is 5.82 Å². The summed E-state index contributed by atoms with van der Waals surface area (Å²) >= 11 is 0. The van der Waals surface area contributed by atoms with Gasteiger partial charge >= 0.3 is 11.9 Å². The van der Waals surface area contributed by atoms with Crippen LogP contribution in [-0.4, -0.2) is 28.8 Å². The molecule has 6 heteroatoms. The SMILES string of the molecule is O=C(O)COc1ccc(F)c(C(=O)O)c1. The molecule has 0 aliphatic rings. The molecule has 0 amide bonds. The molecule has 0 spiro atoms. The van der Waals surface area contributed by atoms with E-state index in [-0.39, 0.29) is 5.75 Å². The van der Waals surface area contributed by atoms with Gasteiger partial charge < -0.3 is 14.9 Å². The van der Waals surface area contributed by atoms with E-state index in [1.807, 2.05) is 0 Å². The van der Waals surface area contributed by atoms with Crippen LogP contribution >= 0.6 is 0 Å². The second-order valence-corrected chi connectivity index (χ2v) is 2.63. The largest absolute Gasteiger partial charge is 0.482 e. The van der Waals surface area contributed by atoms with Crippen molar-refractivity contribution in [3.05, 3.63) is 29.6 Å². The van der Waals surface area contributed by atoms with E-state index in [4.69, 9.17) is 10.2 Å². The fraction of sp³-hybridized carbons (Fsp3) is 0.111. The van der Waals surface area contributed by atoms with Gasteiger partial charge in [0.15, 0.2) is 6.61 Å². The molecule has 0 aliphatic carbocycles. The molecular formula is C9H7FO5. The molecule has 1 aromatic rings. The highest BCUT2D eigenvalue weighted by Gasteiger charge is 2.11. The lowest BCUT2D eigenvalue weighted by Gasteiger charge is -2.04. The Labute approximate surface area is 83.7 Å². The Balaban J connectivity index is 2.87. The maximum Gasteiger partial charge on any atom is 0.341 e. The van der Waals surface area contributed by atoms with Gasteiger partial charge in [-0.15, -0.1) is 0 Å². The average molecular weight is 214 g/mol. The van der Waals surface area contributed by atoms with Crippen molar-refractivity contribution in [2.24, 2.45) is 0 Å². The van der Waals surface area contributed by atoms with Crippen molar-refractivity contribution >= 4 is 11.9 Å². The lowest BCUT2D eigenvalue weighted by Crippen LogP contribution is -2.10. The topological polar surface area (TPSA) is 83.8 Å². The normalized spacial score (nSPS) is 9.67. The number of aromatic carboxylic acids is 1. The van der Waals surface area contributed by atoms with E-state index in [0.29, 0.717) is 0 Å². The van der Waals surface area contributed by atoms with Crippen LogP contribution in [-0.2, 0) is 4.79 Å². The zero-order chi connectivity index (χ0) is 11.4. The Morgan fingerprint density at radius 3 is 2.53 bits per heavy atom. The predicted molar refractivity (Wildman–Crippen MR) is 46.5 cm³/mol. The monoisotopic (exact) mass is 214 g/mol. The van der Waals surface area contributed by atoms with E-state index in [9.17, 15) is 14.0 Å². The van der Waals surface area contributed by atoms with Gasteiger partial charge in [-0.05, 0) is 18.2 Å². The fourth-order valence-corrected chi connectivity index (χ4v) is 0.903. The van der Waals surface area contributed by atoms with Crippen LogP contribution < -0.4 is 4.74 Å². The van der Waals surface area contributed by atoms with Crippen LogP contribution in [0.15, 0.2) is 18.2 Å². The molecule has 0 unspecified atom stereocenters. The van der Waals surface area contributed by atoms with Crippen molar-refractivity contribution in [1.29, 1.82) is 0 Å². The maximum absolute atomic E-state index is 12.9. The summed E-state index contributed by atoms with van der Waals surface area (Å²) in [4.78, 5) is 20.6. The van der Waals surface area contributed by atoms with E-state index in [1.54, 1.807) is 0 Å². The average Bonchev–Trinajstić information content (AvgIpc) is 2.16. The second-order valence-electron chi connectivity index (χ2n) is 2.63. The summed E-state index contributed by atoms with van der Waals surface area (Å²) in [5.74, 6) is -3.54. The number of rotatable bonds is 4. The lowest BCUT2D eigenvalue weighted by atomic mass is 10.2. The van der Waals surface area contributed by atoms with Crippen LogP contribution in [0.25, 0.3) is 0 Å². The molecular weight excluding hydrogens is 207 g/mol. The number of ether oxygens (including phenoxy) is 1. The molecule has 5 nitrogen and oxygen atoms in total. The van der Waals surface area contributed by atoms with Gasteiger partial charge in [0, 0.05) is 0 Å². The molecule has 0 heterocycles. The molecule has 0 bridgehead atoms. The Kier molecular flexibility index (Phi) is 3.22. The van der Waals surface area contributed by atoms with E-state index in [1.165, 1.54) is 0 Å². The van der Waals surface area contributed by atoms with Gasteiger partial charge in [0.2, 0.25) is 0 Å². The van der Waals surface area contributed by atoms with Gasteiger partial charge in [0.05, 0.1) is 5.56 Å². The fourth-order valence-electron chi connectivity index (χ4n) is 0.903. The molecule has 0 aromatic heterocycles. The molecule has 1 rings (SSSR count). The summed E-state index contributed by atoms with van der Waals surface area (Å²) in [6.07, 6.45) is 0. The summed E-state index contributed by atoms with van der Waals surface area (Å²) in [6.45, 7) is -0.606. The lowest BCUT2D eigenvalue weighted by molar-refractivity contribution is -0.139. The number of carbonyl (C=O) groups is 2. The highest BCUT2D eigenvalue weighted by atomic mass is 19.1. The summed E-state index contributed by atoms with van der Waals surface area (Å²) in [5.41, 5.74) is -0.558. The standard InChI is InChI=1S/C9H7FO5/c10-7-2-1-5(15-4-8(11)12)3-6(7)9(13)14/h1-3H,4H2,(H,11,12)(H,13,14). The highest BCUT2D eigenvalue weighted by molar-refractivity contribution is 5.88. The Bertz CT molecular complexity index is 401. The van der Waals surface area contributed by atoms with E-state index in [2.05, 4.69) is 4.74 Å². The molecule has 0 fully saturated rings. The van der Waals surface area contributed by atoms with Gasteiger partial charge in [0.25, 0.3) is 0 Å². The number of carboxylic acids is 2. The quantitative estimate of drug-likeness (QED) is 0.780. The molecule has 15 heavy (non-hydrogen) atoms. The zero-order valence-corrected chi connectivity index (χ0v) is 7.44. The molecule has 0 aliphatic heterocycles. The van der Waals surface area contributed by atoms with Crippen molar-refractivity contribution in [2.75, 3.05) is 6.61 Å². The molecule has 0 saturated carbocycles. The third-order valence-electron chi connectivity index (χ3n) is 1.53. The number of carboxylic acid groups (broad SMARTS) is 2. The highest BCUT2D eigenvalue weighted by Crippen LogP contribution is 2.16. The number of halogens is 1. The summed E-state index contributed by atoms with van der Waals surface area (Å²) in [5, 5.41) is 16.8. The third-order valence-corrected chi connectivity index (χ3v) is 1.53. The third kappa shape index (κ3) is 2.94. The van der Waals surface area contributed by atoms with Gasteiger partial charge in [-0.3, -0.25) is 0 Å². The van der Waals surface area contributed by atoms with Crippen LogP contribution in [0.4, 0.5) is 4.39 Å². The van der Waals surface area contributed by atoms with Gasteiger partial charge in [-0.1, -0.05) is 0 Å². The van der Waals surface area contributed by atoms with Gasteiger partial charge in [-0.25, -0.2) is 14.0 Å². The van der Waals surface area contributed by atoms with Crippen LogP contribution in [0.5, 0.6) is 5.75 Å². The zero-order valence-electron chi connectivity index (χ0n) is 7.44. The molecule has 2 N–H and O–H groups in total. The Morgan fingerprint density at radius 1 is 1.33 bits per heavy atom. The summed E-state index contributed by atoms with van der Waals surface area (Å²) < 4.78 is 17.6. The number of aliphatic carboxylic acids is 1. The first-order valence-corrected chi connectivity index (χ1v) is 3.88. The van der Waals surface area contributed by atoms with E-state index < -0.39 is 29.9 Å². The number of benzene rings is 1. The number of hydrogen-bond acceptors (Lipinski definition) is 3. The molecule has 0 radical (unpaired) electrons. The Morgan fingerprint density at radius 2 is 2.00 bits per heavy atom. The minimum atomic E-state index is -1.44. The molecule has 0 atom stereocenters. The molecule has 80 valence electrons. The smallest absolute Gasteiger partial charge is 0.341 e. The first kappa shape index (κ1) is 11.0. The summed E-state index contributed by atoms with van der Waals surface area (Å²) in [6, 6.07) is 2.99. The maximum atomic E-state index is 12.9. The van der Waals surface area contributed by atoms with E-state index >= 15 is 0 Å². The first-order valence-electron chi connectivity index (χ1n) is 3.88. The van der Waals surface area contributed by atoms with Crippen LogP contribution in [0.3, 0.4) is 0 Å². The minimum Gasteiger partial charge on any atom is -0.482 e. The summed E-state index contributed by atoms with van der Waals surface area (Å²) in [7, 11) is 0. The van der Waals surface area contributed by atoms with Gasteiger partial charge in [-0.2, -0.15) is 0 Å². The van der Waals surface area contributed by atoms with Crippen LogP contribution in [0.1, 0.15) is 10.4 Å². The van der Waals surface area contributed by atoms with Crippen molar-refractivity contribution in [3.63, 3.8) is 0 Å².